The zero-order valence-corrected chi connectivity index (χ0v) is 15.0. The van der Waals surface area contributed by atoms with Crippen LogP contribution in [0.1, 0.15) is 28.2 Å². The standard InChI is InChI=1S/C17H19ClN4S/c1-12-11-23-17(21-12)13(8-19)9-20-10-16(22(2)3)14-6-4-5-7-15(14)18/h4-7,9,11,13,16H,10H2,1-3H3/t13-,16+/m1/s1. The van der Waals surface area contributed by atoms with Gasteiger partial charge in [-0.3, -0.25) is 4.99 Å². The Bertz CT molecular complexity index is 717. The Morgan fingerprint density at radius 1 is 1.43 bits per heavy atom. The molecule has 23 heavy (non-hydrogen) atoms. The van der Waals surface area contributed by atoms with Crippen molar-refractivity contribution in [1.82, 2.24) is 9.88 Å². The van der Waals surface area contributed by atoms with Crippen molar-refractivity contribution < 1.29 is 0 Å². The summed E-state index contributed by atoms with van der Waals surface area (Å²) in [6.07, 6.45) is 1.69. The van der Waals surface area contributed by atoms with Crippen molar-refractivity contribution in [3.05, 3.63) is 50.9 Å². The van der Waals surface area contributed by atoms with Gasteiger partial charge in [0, 0.05) is 22.3 Å². The number of benzene rings is 1. The van der Waals surface area contributed by atoms with Gasteiger partial charge in [0.05, 0.1) is 18.7 Å². The Hall–Kier alpha value is -1.74. The lowest BCUT2D eigenvalue weighted by Gasteiger charge is -2.24. The van der Waals surface area contributed by atoms with Crippen molar-refractivity contribution in [2.24, 2.45) is 4.99 Å². The van der Waals surface area contributed by atoms with E-state index in [9.17, 15) is 5.26 Å². The normalized spacial score (nSPS) is 14.1. The van der Waals surface area contributed by atoms with E-state index in [0.717, 1.165) is 21.3 Å². The number of rotatable bonds is 6. The second kappa shape index (κ2) is 8.21. The molecule has 0 unspecified atom stereocenters. The minimum Gasteiger partial charge on any atom is -0.301 e. The van der Waals surface area contributed by atoms with E-state index in [1.54, 1.807) is 6.21 Å². The molecule has 1 aromatic carbocycles. The van der Waals surface area contributed by atoms with Crippen molar-refractivity contribution in [3.63, 3.8) is 0 Å². The van der Waals surface area contributed by atoms with Crippen LogP contribution in [0.5, 0.6) is 0 Å². The summed E-state index contributed by atoms with van der Waals surface area (Å²) in [7, 11) is 3.99. The van der Waals surface area contributed by atoms with E-state index < -0.39 is 5.92 Å². The number of thiazole rings is 1. The van der Waals surface area contributed by atoms with E-state index in [0.29, 0.717) is 6.54 Å². The average Bonchev–Trinajstić information content (AvgIpc) is 2.94. The summed E-state index contributed by atoms with van der Waals surface area (Å²) in [6, 6.07) is 10.1. The Kier molecular flexibility index (Phi) is 6.28. The van der Waals surface area contributed by atoms with Crippen LogP contribution in [0.2, 0.25) is 5.02 Å². The second-order valence-corrected chi connectivity index (χ2v) is 6.75. The van der Waals surface area contributed by atoms with Gasteiger partial charge in [0.15, 0.2) is 0 Å². The quantitative estimate of drug-likeness (QED) is 0.740. The Labute approximate surface area is 146 Å². The molecule has 0 aliphatic heterocycles. The third kappa shape index (κ3) is 4.61. The Morgan fingerprint density at radius 2 is 2.17 bits per heavy atom. The maximum absolute atomic E-state index is 9.32. The molecule has 2 atom stereocenters. The van der Waals surface area contributed by atoms with Crippen LogP contribution in [0.25, 0.3) is 0 Å². The molecule has 2 rings (SSSR count). The van der Waals surface area contributed by atoms with Gasteiger partial charge in [0.25, 0.3) is 0 Å². The van der Waals surface area contributed by atoms with Crippen LogP contribution in [0.3, 0.4) is 0 Å². The number of nitriles is 1. The van der Waals surface area contributed by atoms with Crippen LogP contribution in [0.15, 0.2) is 34.6 Å². The van der Waals surface area contributed by atoms with E-state index in [4.69, 9.17) is 11.6 Å². The predicted molar refractivity (Wildman–Crippen MR) is 96.4 cm³/mol. The van der Waals surface area contributed by atoms with Crippen LogP contribution in [-0.4, -0.2) is 36.7 Å². The third-order valence-electron chi connectivity index (χ3n) is 3.46. The van der Waals surface area contributed by atoms with Gasteiger partial charge in [-0.15, -0.1) is 11.3 Å². The van der Waals surface area contributed by atoms with Crippen molar-refractivity contribution in [2.45, 2.75) is 18.9 Å². The first-order chi connectivity index (χ1) is 11.0. The van der Waals surface area contributed by atoms with Crippen LogP contribution in [0, 0.1) is 18.3 Å². The van der Waals surface area contributed by atoms with Crippen LogP contribution < -0.4 is 0 Å². The van der Waals surface area contributed by atoms with Crippen molar-refractivity contribution in [1.29, 1.82) is 5.26 Å². The van der Waals surface area contributed by atoms with Crippen LogP contribution >= 0.6 is 22.9 Å². The van der Waals surface area contributed by atoms with Gasteiger partial charge < -0.3 is 4.90 Å². The van der Waals surface area contributed by atoms with Crippen molar-refractivity contribution >= 4 is 29.2 Å². The maximum Gasteiger partial charge on any atom is 0.133 e. The lowest BCUT2D eigenvalue weighted by atomic mass is 10.1. The molecule has 0 spiro atoms. The summed E-state index contributed by atoms with van der Waals surface area (Å²) >= 11 is 7.78. The lowest BCUT2D eigenvalue weighted by Crippen LogP contribution is -2.23. The number of aryl methyl sites for hydroxylation is 1. The Balaban J connectivity index is 2.12. The highest BCUT2D eigenvalue weighted by molar-refractivity contribution is 7.09. The van der Waals surface area contributed by atoms with Gasteiger partial charge in [0.1, 0.15) is 10.9 Å². The maximum atomic E-state index is 9.32. The molecule has 0 aliphatic carbocycles. The molecule has 1 heterocycles. The third-order valence-corrected chi connectivity index (χ3v) is 4.85. The van der Waals surface area contributed by atoms with Gasteiger partial charge >= 0.3 is 0 Å². The summed E-state index contributed by atoms with van der Waals surface area (Å²) in [6.45, 7) is 2.46. The first-order valence-electron chi connectivity index (χ1n) is 7.25. The van der Waals surface area contributed by atoms with Gasteiger partial charge in [0.2, 0.25) is 0 Å². The zero-order valence-electron chi connectivity index (χ0n) is 13.4. The fourth-order valence-corrected chi connectivity index (χ4v) is 3.28. The Morgan fingerprint density at radius 3 is 2.74 bits per heavy atom. The largest absolute Gasteiger partial charge is 0.301 e. The minimum atomic E-state index is -0.400. The van der Waals surface area contributed by atoms with E-state index in [1.807, 2.05) is 50.7 Å². The number of aliphatic imine (C=N–C) groups is 1. The number of hydrogen-bond donors (Lipinski definition) is 0. The lowest BCUT2D eigenvalue weighted by molar-refractivity contribution is 0.307. The molecule has 2 aromatic rings. The average molecular weight is 347 g/mol. The number of likely N-dealkylation sites (N-methyl/N-ethyl adjacent to an activating group) is 1. The molecular formula is C17H19ClN4S. The van der Waals surface area contributed by atoms with Gasteiger partial charge in [-0.1, -0.05) is 29.8 Å². The first-order valence-corrected chi connectivity index (χ1v) is 8.51. The molecule has 6 heteroatoms. The molecule has 0 saturated carbocycles. The first kappa shape index (κ1) is 17.6. The second-order valence-electron chi connectivity index (χ2n) is 5.45. The fraction of sp³-hybridized carbons (Fsp3) is 0.353. The summed E-state index contributed by atoms with van der Waals surface area (Å²) < 4.78 is 0. The number of aromatic nitrogens is 1. The van der Waals surface area contributed by atoms with Crippen LogP contribution in [0.4, 0.5) is 0 Å². The molecular weight excluding hydrogens is 328 g/mol. The predicted octanol–water partition coefficient (Wildman–Crippen LogP) is 4.09. The van der Waals surface area contributed by atoms with Crippen molar-refractivity contribution in [3.8, 4) is 6.07 Å². The molecule has 4 nitrogen and oxygen atoms in total. The number of nitrogens with zero attached hydrogens (tertiary/aromatic N) is 4. The monoisotopic (exact) mass is 346 g/mol. The molecule has 0 amide bonds. The van der Waals surface area contributed by atoms with Gasteiger partial charge in [-0.05, 0) is 32.6 Å². The topological polar surface area (TPSA) is 52.3 Å². The molecule has 0 saturated heterocycles. The van der Waals surface area contributed by atoms with Crippen LogP contribution in [-0.2, 0) is 0 Å². The fourth-order valence-electron chi connectivity index (χ4n) is 2.22. The number of halogens is 1. The highest BCUT2D eigenvalue weighted by atomic mass is 35.5. The molecule has 120 valence electrons. The van der Waals surface area contributed by atoms with E-state index >= 15 is 0 Å². The summed E-state index contributed by atoms with van der Waals surface area (Å²) in [4.78, 5) is 10.9. The highest BCUT2D eigenvalue weighted by Gasteiger charge is 2.17. The van der Waals surface area contributed by atoms with Crippen molar-refractivity contribution in [2.75, 3.05) is 20.6 Å². The summed E-state index contributed by atoms with van der Waals surface area (Å²) in [5, 5.41) is 12.8. The number of hydrogen-bond acceptors (Lipinski definition) is 5. The molecule has 0 radical (unpaired) electrons. The molecule has 0 fully saturated rings. The van der Waals surface area contributed by atoms with Gasteiger partial charge in [-0.25, -0.2) is 4.98 Å². The SMILES string of the molecule is Cc1csc([C@H](C#N)C=NC[C@@H](c2ccccc2Cl)N(C)C)n1. The smallest absolute Gasteiger partial charge is 0.133 e. The highest BCUT2D eigenvalue weighted by Crippen LogP contribution is 2.26. The summed E-state index contributed by atoms with van der Waals surface area (Å²) in [5.74, 6) is -0.400. The summed E-state index contributed by atoms with van der Waals surface area (Å²) in [5.41, 5.74) is 1.97. The van der Waals surface area contributed by atoms with E-state index in [2.05, 4.69) is 20.9 Å². The zero-order chi connectivity index (χ0) is 16.8. The van der Waals surface area contributed by atoms with Gasteiger partial charge in [-0.2, -0.15) is 5.26 Å². The molecule has 0 bridgehead atoms. The molecule has 1 aromatic heterocycles. The molecule has 0 aliphatic rings. The van der Waals surface area contributed by atoms with E-state index in [-0.39, 0.29) is 6.04 Å². The minimum absolute atomic E-state index is 0.0670. The molecule has 0 N–H and O–H groups in total. The van der Waals surface area contributed by atoms with E-state index in [1.165, 1.54) is 11.3 Å².